The van der Waals surface area contributed by atoms with Crippen LogP contribution in [0.5, 0.6) is 11.5 Å². The minimum absolute atomic E-state index is 0.132. The van der Waals surface area contributed by atoms with Crippen LogP contribution in [0.2, 0.25) is 0 Å². The van der Waals surface area contributed by atoms with Crippen LogP contribution in [0, 0.1) is 10.1 Å². The standard InChI is InChI=1S/C15H16N2O4/c1-20-12-8-9-13(21-2)15(17(18)19)14(12)16-10-11-6-4-3-5-7-11/h3-9,16H,10H2,1-2H3. The largest absolute Gasteiger partial charge is 0.494 e. The van der Waals surface area contributed by atoms with Crippen LogP contribution in [0.4, 0.5) is 11.4 Å². The van der Waals surface area contributed by atoms with Gasteiger partial charge in [-0.1, -0.05) is 30.3 Å². The van der Waals surface area contributed by atoms with Crippen molar-refractivity contribution in [1.82, 2.24) is 0 Å². The summed E-state index contributed by atoms with van der Waals surface area (Å²) in [5.41, 5.74) is 1.19. The molecule has 2 aromatic rings. The first-order valence-corrected chi connectivity index (χ1v) is 6.34. The monoisotopic (exact) mass is 288 g/mol. The van der Waals surface area contributed by atoms with Gasteiger partial charge in [0.25, 0.3) is 0 Å². The first-order valence-electron chi connectivity index (χ1n) is 6.34. The van der Waals surface area contributed by atoms with E-state index >= 15 is 0 Å². The third kappa shape index (κ3) is 3.22. The summed E-state index contributed by atoms with van der Waals surface area (Å²) >= 11 is 0. The fourth-order valence-corrected chi connectivity index (χ4v) is 2.03. The Morgan fingerprint density at radius 3 is 2.24 bits per heavy atom. The molecule has 0 amide bonds. The van der Waals surface area contributed by atoms with Gasteiger partial charge in [-0.05, 0) is 17.7 Å². The van der Waals surface area contributed by atoms with Crippen molar-refractivity contribution < 1.29 is 14.4 Å². The molecule has 2 aromatic carbocycles. The van der Waals surface area contributed by atoms with E-state index in [1.807, 2.05) is 30.3 Å². The number of benzene rings is 2. The summed E-state index contributed by atoms with van der Waals surface area (Å²) in [7, 11) is 2.87. The van der Waals surface area contributed by atoms with Crippen LogP contribution >= 0.6 is 0 Å². The van der Waals surface area contributed by atoms with E-state index in [1.54, 1.807) is 6.07 Å². The van der Waals surface area contributed by atoms with Gasteiger partial charge in [0.15, 0.2) is 11.4 Å². The van der Waals surface area contributed by atoms with Crippen LogP contribution < -0.4 is 14.8 Å². The Morgan fingerprint density at radius 2 is 1.67 bits per heavy atom. The maximum atomic E-state index is 11.3. The maximum absolute atomic E-state index is 11.3. The highest BCUT2D eigenvalue weighted by Gasteiger charge is 2.24. The van der Waals surface area contributed by atoms with Crippen LogP contribution in [0.25, 0.3) is 0 Å². The summed E-state index contributed by atoms with van der Waals surface area (Å²) in [6.07, 6.45) is 0. The maximum Gasteiger partial charge on any atom is 0.337 e. The third-order valence-corrected chi connectivity index (χ3v) is 3.04. The molecule has 0 aliphatic heterocycles. The van der Waals surface area contributed by atoms with Gasteiger partial charge >= 0.3 is 5.69 Å². The smallest absolute Gasteiger partial charge is 0.337 e. The highest BCUT2D eigenvalue weighted by atomic mass is 16.6. The number of nitrogens with one attached hydrogen (secondary N) is 1. The highest BCUT2D eigenvalue weighted by molar-refractivity contribution is 5.75. The predicted octanol–water partition coefficient (Wildman–Crippen LogP) is 3.22. The number of methoxy groups -OCH3 is 2. The van der Waals surface area contributed by atoms with Crippen LogP contribution in [-0.2, 0) is 6.54 Å². The molecule has 21 heavy (non-hydrogen) atoms. The van der Waals surface area contributed by atoms with Gasteiger partial charge in [-0.15, -0.1) is 0 Å². The number of nitrogens with zero attached hydrogens (tertiary/aromatic N) is 1. The van der Waals surface area contributed by atoms with E-state index in [0.717, 1.165) is 5.56 Å². The van der Waals surface area contributed by atoms with E-state index in [4.69, 9.17) is 9.47 Å². The number of rotatable bonds is 6. The summed E-state index contributed by atoms with van der Waals surface area (Å²) in [5, 5.41) is 14.4. The number of nitro groups is 1. The molecule has 0 unspecified atom stereocenters. The van der Waals surface area contributed by atoms with Crippen LogP contribution in [-0.4, -0.2) is 19.1 Å². The molecule has 6 nitrogen and oxygen atoms in total. The van der Waals surface area contributed by atoms with E-state index in [1.165, 1.54) is 20.3 Å². The summed E-state index contributed by atoms with van der Waals surface area (Å²) in [4.78, 5) is 10.8. The first kappa shape index (κ1) is 14.6. The molecule has 0 aliphatic rings. The Kier molecular flexibility index (Phi) is 4.61. The second-order valence-electron chi connectivity index (χ2n) is 4.29. The van der Waals surface area contributed by atoms with E-state index in [0.29, 0.717) is 18.0 Å². The average molecular weight is 288 g/mol. The lowest BCUT2D eigenvalue weighted by atomic mass is 10.2. The molecule has 0 atom stereocenters. The zero-order valence-corrected chi connectivity index (χ0v) is 11.8. The zero-order chi connectivity index (χ0) is 15.2. The van der Waals surface area contributed by atoms with Crippen molar-refractivity contribution in [2.45, 2.75) is 6.54 Å². The molecule has 0 heterocycles. The van der Waals surface area contributed by atoms with Crippen molar-refractivity contribution >= 4 is 11.4 Å². The van der Waals surface area contributed by atoms with E-state index in [2.05, 4.69) is 5.32 Å². The lowest BCUT2D eigenvalue weighted by molar-refractivity contribution is -0.384. The van der Waals surface area contributed by atoms with Gasteiger partial charge < -0.3 is 14.8 Å². The summed E-state index contributed by atoms with van der Waals surface area (Å²) in [6, 6.07) is 12.8. The molecule has 110 valence electrons. The Hall–Kier alpha value is -2.76. The lowest BCUT2D eigenvalue weighted by Crippen LogP contribution is -2.06. The van der Waals surface area contributed by atoms with Gasteiger partial charge in [-0.25, -0.2) is 0 Å². The second-order valence-corrected chi connectivity index (χ2v) is 4.29. The first-order chi connectivity index (χ1) is 10.2. The van der Waals surface area contributed by atoms with Crippen molar-refractivity contribution in [2.24, 2.45) is 0 Å². The number of hydrogen-bond donors (Lipinski definition) is 1. The quantitative estimate of drug-likeness (QED) is 0.652. The molecule has 0 spiro atoms. The number of ether oxygens (including phenoxy) is 2. The molecule has 0 fully saturated rings. The van der Waals surface area contributed by atoms with E-state index in [9.17, 15) is 10.1 Å². The van der Waals surface area contributed by atoms with Gasteiger partial charge in [0.2, 0.25) is 0 Å². The van der Waals surface area contributed by atoms with E-state index in [-0.39, 0.29) is 11.4 Å². The Balaban J connectivity index is 2.37. The Morgan fingerprint density at radius 1 is 1.05 bits per heavy atom. The molecule has 1 N–H and O–H groups in total. The van der Waals surface area contributed by atoms with Crippen molar-refractivity contribution in [1.29, 1.82) is 0 Å². The van der Waals surface area contributed by atoms with Gasteiger partial charge in [0, 0.05) is 6.54 Å². The molecule has 6 heteroatoms. The average Bonchev–Trinajstić information content (AvgIpc) is 2.52. The molecule has 0 bridgehead atoms. The Labute approximate surface area is 122 Å². The van der Waals surface area contributed by atoms with Crippen molar-refractivity contribution in [3.05, 3.63) is 58.1 Å². The topological polar surface area (TPSA) is 73.6 Å². The minimum atomic E-state index is -0.478. The van der Waals surface area contributed by atoms with Crippen LogP contribution in [0.1, 0.15) is 5.56 Å². The molecular weight excluding hydrogens is 272 g/mol. The molecular formula is C15H16N2O4. The number of hydrogen-bond acceptors (Lipinski definition) is 5. The zero-order valence-electron chi connectivity index (χ0n) is 11.8. The fourth-order valence-electron chi connectivity index (χ4n) is 2.03. The van der Waals surface area contributed by atoms with Gasteiger partial charge in [0.05, 0.1) is 19.1 Å². The molecule has 2 rings (SSSR count). The van der Waals surface area contributed by atoms with Gasteiger partial charge in [-0.2, -0.15) is 0 Å². The Bertz CT molecular complexity index is 629. The fraction of sp³-hybridized carbons (Fsp3) is 0.200. The summed E-state index contributed by atoms with van der Waals surface area (Å²) < 4.78 is 10.3. The predicted molar refractivity (Wildman–Crippen MR) is 80.0 cm³/mol. The highest BCUT2D eigenvalue weighted by Crippen LogP contribution is 2.41. The second kappa shape index (κ2) is 6.60. The normalized spacial score (nSPS) is 10.0. The van der Waals surface area contributed by atoms with Gasteiger partial charge in [-0.3, -0.25) is 10.1 Å². The summed E-state index contributed by atoms with van der Waals surface area (Å²) in [6.45, 7) is 0.450. The SMILES string of the molecule is COc1ccc(OC)c([N+](=O)[O-])c1NCc1ccccc1. The molecule has 0 saturated heterocycles. The third-order valence-electron chi connectivity index (χ3n) is 3.04. The minimum Gasteiger partial charge on any atom is -0.494 e. The number of anilines is 1. The molecule has 0 radical (unpaired) electrons. The lowest BCUT2D eigenvalue weighted by Gasteiger charge is -2.13. The van der Waals surface area contributed by atoms with Crippen molar-refractivity contribution in [3.63, 3.8) is 0 Å². The molecule has 0 saturated carbocycles. The number of nitro benzene ring substituents is 1. The molecule has 0 aromatic heterocycles. The summed E-state index contributed by atoms with van der Waals surface area (Å²) in [5.74, 6) is 0.592. The van der Waals surface area contributed by atoms with Crippen LogP contribution in [0.3, 0.4) is 0 Å². The molecule has 0 aliphatic carbocycles. The van der Waals surface area contributed by atoms with Gasteiger partial charge in [0.1, 0.15) is 5.75 Å². The van der Waals surface area contributed by atoms with Crippen LogP contribution in [0.15, 0.2) is 42.5 Å². The van der Waals surface area contributed by atoms with Crippen molar-refractivity contribution in [2.75, 3.05) is 19.5 Å². The van der Waals surface area contributed by atoms with E-state index < -0.39 is 4.92 Å². The van der Waals surface area contributed by atoms with Crippen molar-refractivity contribution in [3.8, 4) is 11.5 Å².